The van der Waals surface area contributed by atoms with E-state index in [-0.39, 0.29) is 6.79 Å². The van der Waals surface area contributed by atoms with E-state index in [0.717, 1.165) is 17.2 Å². The normalized spacial score (nSPS) is 13.0. The van der Waals surface area contributed by atoms with Crippen molar-refractivity contribution in [1.82, 2.24) is 5.32 Å². The van der Waals surface area contributed by atoms with E-state index in [2.05, 4.69) is 41.0 Å². The van der Waals surface area contributed by atoms with E-state index >= 15 is 0 Å². The van der Waals surface area contributed by atoms with Crippen molar-refractivity contribution < 1.29 is 9.47 Å². The number of rotatable bonds is 5. The number of ether oxygens (including phenoxy) is 2. The quantitative estimate of drug-likeness (QED) is 0.480. The van der Waals surface area contributed by atoms with Gasteiger partial charge in [-0.3, -0.25) is 0 Å². The Labute approximate surface area is 158 Å². The lowest BCUT2D eigenvalue weighted by molar-refractivity contribution is 0.174. The zero-order chi connectivity index (χ0) is 18.5. The molecule has 0 saturated carbocycles. The molecule has 3 aromatic carbocycles. The minimum Gasteiger partial charge on any atom is -0.454 e. The molecule has 0 spiro atoms. The molecule has 0 aromatic heterocycles. The maximum absolute atomic E-state index is 5.64. The Morgan fingerprint density at radius 3 is 2.78 bits per heavy atom. The minimum atomic E-state index is 0.256. The van der Waals surface area contributed by atoms with Crippen LogP contribution in [-0.4, -0.2) is 25.8 Å². The van der Waals surface area contributed by atoms with Crippen LogP contribution in [0.5, 0.6) is 11.5 Å². The molecule has 0 aliphatic carbocycles. The Kier molecular flexibility index (Phi) is 5.07. The summed E-state index contributed by atoms with van der Waals surface area (Å²) in [7, 11) is 0. The van der Waals surface area contributed by atoms with Crippen molar-refractivity contribution in [3.05, 3.63) is 66.2 Å². The molecule has 0 fully saturated rings. The van der Waals surface area contributed by atoms with Crippen LogP contribution in [0.3, 0.4) is 0 Å². The maximum atomic E-state index is 5.64. The van der Waals surface area contributed by atoms with E-state index < -0.39 is 0 Å². The first-order valence-electron chi connectivity index (χ1n) is 8.95. The second kappa shape index (κ2) is 7.97. The van der Waals surface area contributed by atoms with Gasteiger partial charge in [0.15, 0.2) is 17.5 Å². The summed E-state index contributed by atoms with van der Waals surface area (Å²) < 4.78 is 10.8. The molecular formula is C21H22N4O2. The van der Waals surface area contributed by atoms with Crippen LogP contribution in [0.25, 0.3) is 10.8 Å². The Balaban J connectivity index is 1.55. The molecule has 3 aromatic rings. The second-order valence-electron chi connectivity index (χ2n) is 6.21. The van der Waals surface area contributed by atoms with Crippen molar-refractivity contribution in [1.29, 1.82) is 0 Å². The molecule has 0 radical (unpaired) electrons. The van der Waals surface area contributed by atoms with Crippen LogP contribution in [0.4, 0.5) is 5.69 Å². The number of aliphatic imine (C=N–C) groups is 1. The number of benzene rings is 3. The Bertz CT molecular complexity index is 966. The molecule has 1 aliphatic rings. The fourth-order valence-corrected chi connectivity index (χ4v) is 3.04. The maximum Gasteiger partial charge on any atom is 0.231 e. The monoisotopic (exact) mass is 362 g/mol. The first-order chi connectivity index (χ1) is 13.3. The summed E-state index contributed by atoms with van der Waals surface area (Å²) >= 11 is 0. The van der Waals surface area contributed by atoms with E-state index in [9.17, 15) is 0 Å². The van der Waals surface area contributed by atoms with Gasteiger partial charge in [-0.05, 0) is 28.5 Å². The van der Waals surface area contributed by atoms with Crippen LogP contribution < -0.4 is 25.8 Å². The number of guanidine groups is 1. The highest BCUT2D eigenvalue weighted by molar-refractivity contribution is 5.94. The number of fused-ring (bicyclic) bond motifs is 2. The zero-order valence-corrected chi connectivity index (χ0v) is 14.9. The predicted octanol–water partition coefficient (Wildman–Crippen LogP) is 3.08. The summed E-state index contributed by atoms with van der Waals surface area (Å²) in [6, 6.07) is 20.3. The molecule has 6 heteroatoms. The van der Waals surface area contributed by atoms with E-state index in [1.165, 1.54) is 16.3 Å². The smallest absolute Gasteiger partial charge is 0.231 e. The molecular weight excluding hydrogens is 340 g/mol. The van der Waals surface area contributed by atoms with Gasteiger partial charge in [0.05, 0.1) is 6.54 Å². The molecule has 4 N–H and O–H groups in total. The van der Waals surface area contributed by atoms with Crippen LogP contribution >= 0.6 is 0 Å². The molecule has 138 valence electrons. The number of hydrogen-bond donors (Lipinski definition) is 3. The van der Waals surface area contributed by atoms with E-state index in [1.807, 2.05) is 30.3 Å². The number of hydrogen-bond acceptors (Lipinski definition) is 4. The molecule has 1 aliphatic heterocycles. The Morgan fingerprint density at radius 2 is 1.85 bits per heavy atom. The summed E-state index contributed by atoms with van der Waals surface area (Å²) in [5.41, 5.74) is 7.69. The topological polar surface area (TPSA) is 80.9 Å². The lowest BCUT2D eigenvalue weighted by Gasteiger charge is -2.13. The average molecular weight is 362 g/mol. The van der Waals surface area contributed by atoms with Crippen molar-refractivity contribution in [2.45, 2.75) is 6.54 Å². The van der Waals surface area contributed by atoms with Crippen molar-refractivity contribution in [3.8, 4) is 11.5 Å². The van der Waals surface area contributed by atoms with Crippen LogP contribution in [0.15, 0.2) is 65.7 Å². The first-order valence-corrected chi connectivity index (χ1v) is 8.95. The van der Waals surface area contributed by atoms with Gasteiger partial charge in [0.25, 0.3) is 0 Å². The Morgan fingerprint density at radius 1 is 1.00 bits per heavy atom. The third kappa shape index (κ3) is 3.96. The van der Waals surface area contributed by atoms with Crippen molar-refractivity contribution >= 4 is 22.4 Å². The van der Waals surface area contributed by atoms with Gasteiger partial charge in [-0.2, -0.15) is 0 Å². The lowest BCUT2D eigenvalue weighted by atomic mass is 10.1. The molecule has 27 heavy (non-hydrogen) atoms. The van der Waals surface area contributed by atoms with Gasteiger partial charge in [-0.15, -0.1) is 0 Å². The molecule has 0 bridgehead atoms. The molecule has 4 rings (SSSR count). The van der Waals surface area contributed by atoms with Crippen LogP contribution in [0.1, 0.15) is 5.56 Å². The van der Waals surface area contributed by atoms with Gasteiger partial charge in [0.2, 0.25) is 6.79 Å². The number of nitrogens with one attached hydrogen (secondary N) is 2. The van der Waals surface area contributed by atoms with Crippen LogP contribution in [0, 0.1) is 0 Å². The van der Waals surface area contributed by atoms with Crippen molar-refractivity contribution in [2.24, 2.45) is 10.7 Å². The highest BCUT2D eigenvalue weighted by atomic mass is 16.7. The molecule has 0 atom stereocenters. The number of anilines is 1. The van der Waals surface area contributed by atoms with Crippen molar-refractivity contribution in [3.63, 3.8) is 0 Å². The Hall–Kier alpha value is -3.25. The third-order valence-electron chi connectivity index (χ3n) is 4.36. The number of nitrogens with zero attached hydrogens (tertiary/aromatic N) is 1. The molecule has 0 amide bonds. The van der Waals surface area contributed by atoms with Gasteiger partial charge in [-0.1, -0.05) is 42.5 Å². The summed E-state index contributed by atoms with van der Waals surface area (Å²) in [4.78, 5) is 4.74. The second-order valence-corrected chi connectivity index (χ2v) is 6.21. The van der Waals surface area contributed by atoms with E-state index in [1.54, 1.807) is 0 Å². The summed E-state index contributed by atoms with van der Waals surface area (Å²) in [5, 5.41) is 8.98. The SMILES string of the molecule is NCCNC(=NCc1cccc2ccccc12)Nc1ccc2c(c1)OCO2. The van der Waals surface area contributed by atoms with Gasteiger partial charge in [-0.25, -0.2) is 4.99 Å². The number of nitrogens with two attached hydrogens (primary N) is 1. The third-order valence-corrected chi connectivity index (χ3v) is 4.36. The first kappa shape index (κ1) is 17.2. The van der Waals surface area contributed by atoms with E-state index in [0.29, 0.717) is 25.6 Å². The summed E-state index contributed by atoms with van der Waals surface area (Å²) in [6.07, 6.45) is 0. The fourth-order valence-electron chi connectivity index (χ4n) is 3.04. The van der Waals surface area contributed by atoms with Gasteiger partial charge >= 0.3 is 0 Å². The summed E-state index contributed by atoms with van der Waals surface area (Å²) in [5.74, 6) is 2.16. The largest absolute Gasteiger partial charge is 0.454 e. The fraction of sp³-hybridized carbons (Fsp3) is 0.190. The molecule has 0 saturated heterocycles. The lowest BCUT2D eigenvalue weighted by Crippen LogP contribution is -2.34. The standard InChI is InChI=1S/C21H22N4O2/c22-10-11-23-21(25-17-8-9-19-20(12-17)27-14-26-19)24-13-16-6-3-5-15-4-1-2-7-18(15)16/h1-9,12H,10-11,13-14,22H2,(H2,23,24,25). The van der Waals surface area contributed by atoms with Crippen molar-refractivity contribution in [2.75, 3.05) is 25.2 Å². The average Bonchev–Trinajstić information content (AvgIpc) is 3.18. The predicted molar refractivity (Wildman–Crippen MR) is 108 cm³/mol. The minimum absolute atomic E-state index is 0.256. The van der Waals surface area contributed by atoms with Gasteiger partial charge < -0.3 is 25.8 Å². The highest BCUT2D eigenvalue weighted by Crippen LogP contribution is 2.34. The molecule has 0 unspecified atom stereocenters. The molecule has 6 nitrogen and oxygen atoms in total. The molecule has 1 heterocycles. The van der Waals surface area contributed by atoms with Crippen LogP contribution in [-0.2, 0) is 6.54 Å². The highest BCUT2D eigenvalue weighted by Gasteiger charge is 2.13. The zero-order valence-electron chi connectivity index (χ0n) is 14.9. The van der Waals surface area contributed by atoms with Gasteiger partial charge in [0.1, 0.15) is 0 Å². The van der Waals surface area contributed by atoms with E-state index in [4.69, 9.17) is 20.2 Å². The summed E-state index contributed by atoms with van der Waals surface area (Å²) in [6.45, 7) is 1.97. The van der Waals surface area contributed by atoms with Crippen LogP contribution in [0.2, 0.25) is 0 Å². The van der Waals surface area contributed by atoms with Gasteiger partial charge in [0, 0.05) is 24.8 Å².